The first-order valence-electron chi connectivity index (χ1n) is 4.10. The minimum atomic E-state index is -0.833. The Bertz CT molecular complexity index is 267. The molecule has 0 spiro atoms. The molecule has 0 saturated carbocycles. The Morgan fingerprint density at radius 1 is 1.46 bits per heavy atom. The number of aryl methyl sites for hydroxylation is 1. The topological polar surface area (TPSA) is 63.3 Å². The second-order valence-electron chi connectivity index (χ2n) is 2.57. The van der Waals surface area contributed by atoms with E-state index in [1.54, 1.807) is 0 Å². The molecule has 1 aromatic rings. The van der Waals surface area contributed by atoms with Crippen LogP contribution in [0.2, 0.25) is 0 Å². The molecule has 0 heterocycles. The second-order valence-corrected chi connectivity index (χ2v) is 2.57. The van der Waals surface area contributed by atoms with Crippen molar-refractivity contribution < 1.29 is 9.90 Å². The lowest BCUT2D eigenvalue weighted by atomic mass is 10.1. The van der Waals surface area contributed by atoms with Crippen LogP contribution in [0.25, 0.3) is 0 Å². The van der Waals surface area contributed by atoms with E-state index in [-0.39, 0.29) is 0 Å². The van der Waals surface area contributed by atoms with Crippen molar-refractivity contribution in [1.82, 2.24) is 0 Å². The molecular weight excluding hydrogens is 166 g/mol. The Balaban J connectivity index is 0.000000310. The van der Waals surface area contributed by atoms with Gasteiger partial charge in [0.2, 0.25) is 0 Å². The van der Waals surface area contributed by atoms with Crippen LogP contribution in [0, 0.1) is 0 Å². The zero-order valence-electron chi connectivity index (χ0n) is 7.95. The first-order chi connectivity index (χ1) is 6.07. The van der Waals surface area contributed by atoms with Gasteiger partial charge in [-0.15, -0.1) is 0 Å². The quantitative estimate of drug-likeness (QED) is 0.650. The highest BCUT2D eigenvalue weighted by Gasteiger charge is 1.90. The molecule has 0 atom stereocenters. The summed E-state index contributed by atoms with van der Waals surface area (Å²) >= 11 is 0. The van der Waals surface area contributed by atoms with Crippen LogP contribution in [-0.2, 0) is 11.2 Å². The third kappa shape index (κ3) is 5.73. The Morgan fingerprint density at radius 2 is 1.92 bits per heavy atom. The monoisotopic (exact) mass is 181 g/mol. The Labute approximate surface area is 78.2 Å². The summed E-state index contributed by atoms with van der Waals surface area (Å²) in [4.78, 5) is 9.00. The fraction of sp³-hybridized carbons (Fsp3) is 0.300. The van der Waals surface area contributed by atoms with E-state index in [0.717, 1.165) is 19.0 Å². The average Bonchev–Trinajstić information content (AvgIpc) is 2.04. The summed E-state index contributed by atoms with van der Waals surface area (Å²) < 4.78 is 0. The van der Waals surface area contributed by atoms with Crippen LogP contribution < -0.4 is 5.73 Å². The number of rotatable bonds is 1. The maximum absolute atomic E-state index is 9.00. The Kier molecular flexibility index (Phi) is 5.35. The minimum absolute atomic E-state index is 0.833. The van der Waals surface area contributed by atoms with Crippen molar-refractivity contribution in [2.24, 2.45) is 0 Å². The number of hydrogen-bond acceptors (Lipinski definition) is 2. The third-order valence-corrected chi connectivity index (χ3v) is 1.44. The Hall–Kier alpha value is -1.51. The van der Waals surface area contributed by atoms with Crippen molar-refractivity contribution in [1.29, 1.82) is 0 Å². The molecule has 3 N–H and O–H groups in total. The summed E-state index contributed by atoms with van der Waals surface area (Å²) in [6, 6.07) is 7.94. The number of benzene rings is 1. The zero-order chi connectivity index (χ0) is 10.3. The maximum Gasteiger partial charge on any atom is 0.300 e. The fourth-order valence-electron chi connectivity index (χ4n) is 0.856. The van der Waals surface area contributed by atoms with Crippen molar-refractivity contribution in [3.05, 3.63) is 29.8 Å². The standard InChI is InChI=1S/C8H11N.C2H4O2/c1-2-7-5-3-4-6-8(7)9;1-2(3)4/h3-6H,2,9H2,1H3;1H3,(H,3,4). The van der Waals surface area contributed by atoms with E-state index in [0.29, 0.717) is 0 Å². The van der Waals surface area contributed by atoms with Crippen molar-refractivity contribution >= 4 is 11.7 Å². The van der Waals surface area contributed by atoms with E-state index in [1.165, 1.54) is 5.56 Å². The van der Waals surface area contributed by atoms with Crippen LogP contribution in [0.3, 0.4) is 0 Å². The molecule has 1 rings (SSSR count). The predicted octanol–water partition coefficient (Wildman–Crippen LogP) is 1.92. The van der Waals surface area contributed by atoms with Crippen LogP contribution >= 0.6 is 0 Å². The molecular formula is C10H15NO2. The number of para-hydroxylation sites is 1. The summed E-state index contributed by atoms with van der Waals surface area (Å²) in [5.41, 5.74) is 7.77. The highest BCUT2D eigenvalue weighted by atomic mass is 16.4. The number of nitrogen functional groups attached to an aromatic ring is 1. The van der Waals surface area contributed by atoms with E-state index in [9.17, 15) is 0 Å². The first kappa shape index (κ1) is 11.5. The first-order valence-corrected chi connectivity index (χ1v) is 4.10. The SMILES string of the molecule is CC(=O)O.CCc1ccccc1N. The van der Waals surface area contributed by atoms with Gasteiger partial charge in [-0.2, -0.15) is 0 Å². The minimum Gasteiger partial charge on any atom is -0.481 e. The van der Waals surface area contributed by atoms with Gasteiger partial charge >= 0.3 is 0 Å². The van der Waals surface area contributed by atoms with Gasteiger partial charge in [0, 0.05) is 12.6 Å². The number of carboxylic acid groups (broad SMARTS) is 1. The molecule has 3 heteroatoms. The lowest BCUT2D eigenvalue weighted by Crippen LogP contribution is -1.90. The van der Waals surface area contributed by atoms with Gasteiger partial charge in [-0.05, 0) is 18.1 Å². The van der Waals surface area contributed by atoms with Gasteiger partial charge in [-0.1, -0.05) is 25.1 Å². The summed E-state index contributed by atoms with van der Waals surface area (Å²) in [6.07, 6.45) is 1.02. The molecule has 3 nitrogen and oxygen atoms in total. The van der Waals surface area contributed by atoms with E-state index >= 15 is 0 Å². The maximum atomic E-state index is 9.00. The van der Waals surface area contributed by atoms with Crippen molar-refractivity contribution in [2.45, 2.75) is 20.3 Å². The number of hydrogen-bond donors (Lipinski definition) is 2. The van der Waals surface area contributed by atoms with Gasteiger partial charge in [-0.3, -0.25) is 4.79 Å². The van der Waals surface area contributed by atoms with Gasteiger partial charge in [0.05, 0.1) is 0 Å². The largest absolute Gasteiger partial charge is 0.481 e. The molecule has 1 aromatic carbocycles. The van der Waals surface area contributed by atoms with Crippen molar-refractivity contribution in [3.8, 4) is 0 Å². The van der Waals surface area contributed by atoms with E-state index in [2.05, 4.69) is 13.0 Å². The van der Waals surface area contributed by atoms with Crippen molar-refractivity contribution in [2.75, 3.05) is 5.73 Å². The summed E-state index contributed by atoms with van der Waals surface area (Å²) in [5.74, 6) is -0.833. The molecule has 0 aromatic heterocycles. The van der Waals surface area contributed by atoms with Crippen LogP contribution in [0.4, 0.5) is 5.69 Å². The lowest BCUT2D eigenvalue weighted by Gasteiger charge is -1.98. The molecule has 0 bridgehead atoms. The van der Waals surface area contributed by atoms with Gasteiger partial charge in [0.25, 0.3) is 5.97 Å². The molecule has 0 aliphatic rings. The Morgan fingerprint density at radius 3 is 2.23 bits per heavy atom. The molecule has 72 valence electrons. The molecule has 0 aliphatic carbocycles. The predicted molar refractivity (Wildman–Crippen MR) is 53.5 cm³/mol. The van der Waals surface area contributed by atoms with Gasteiger partial charge in [-0.25, -0.2) is 0 Å². The van der Waals surface area contributed by atoms with E-state index < -0.39 is 5.97 Å². The summed E-state index contributed by atoms with van der Waals surface area (Å²) in [5, 5.41) is 7.42. The number of carbonyl (C=O) groups is 1. The molecule has 0 unspecified atom stereocenters. The van der Waals surface area contributed by atoms with Crippen LogP contribution in [0.15, 0.2) is 24.3 Å². The molecule has 0 amide bonds. The molecule has 0 radical (unpaired) electrons. The number of carboxylic acids is 1. The smallest absolute Gasteiger partial charge is 0.300 e. The highest BCUT2D eigenvalue weighted by Crippen LogP contribution is 2.09. The number of anilines is 1. The van der Waals surface area contributed by atoms with Crippen molar-refractivity contribution in [3.63, 3.8) is 0 Å². The van der Waals surface area contributed by atoms with Crippen LogP contribution in [-0.4, -0.2) is 11.1 Å². The molecule has 0 fully saturated rings. The van der Waals surface area contributed by atoms with Gasteiger partial charge < -0.3 is 10.8 Å². The summed E-state index contributed by atoms with van der Waals surface area (Å²) in [6.45, 7) is 3.19. The van der Waals surface area contributed by atoms with Crippen LogP contribution in [0.1, 0.15) is 19.4 Å². The zero-order valence-corrected chi connectivity index (χ0v) is 7.95. The molecule has 13 heavy (non-hydrogen) atoms. The van der Waals surface area contributed by atoms with Gasteiger partial charge in [0.15, 0.2) is 0 Å². The second kappa shape index (κ2) is 6.06. The average molecular weight is 181 g/mol. The highest BCUT2D eigenvalue weighted by molar-refractivity contribution is 5.62. The molecule has 0 saturated heterocycles. The normalized spacial score (nSPS) is 8.46. The molecule has 0 aliphatic heterocycles. The lowest BCUT2D eigenvalue weighted by molar-refractivity contribution is -0.134. The van der Waals surface area contributed by atoms with E-state index in [4.69, 9.17) is 15.6 Å². The summed E-state index contributed by atoms with van der Waals surface area (Å²) in [7, 11) is 0. The third-order valence-electron chi connectivity index (χ3n) is 1.44. The fourth-order valence-corrected chi connectivity index (χ4v) is 0.856. The van der Waals surface area contributed by atoms with E-state index in [1.807, 2.05) is 18.2 Å². The number of nitrogens with two attached hydrogens (primary N) is 1. The number of aliphatic carboxylic acids is 1. The van der Waals surface area contributed by atoms with Gasteiger partial charge in [0.1, 0.15) is 0 Å². The van der Waals surface area contributed by atoms with Crippen LogP contribution in [0.5, 0.6) is 0 Å².